The number of hydrogen-bond acceptors (Lipinski definition) is 5. The van der Waals surface area contributed by atoms with E-state index < -0.39 is 0 Å². The Labute approximate surface area is 162 Å². The van der Waals surface area contributed by atoms with Gasteiger partial charge in [-0.2, -0.15) is 0 Å². The summed E-state index contributed by atoms with van der Waals surface area (Å²) in [6.07, 6.45) is 3.60. The summed E-state index contributed by atoms with van der Waals surface area (Å²) in [5.74, 6) is 0. The Morgan fingerprint density at radius 2 is 1.38 bits per heavy atom. The maximum Gasteiger partial charge on any atom is 0.155 e. The van der Waals surface area contributed by atoms with Crippen LogP contribution in [-0.2, 0) is 23.7 Å². The van der Waals surface area contributed by atoms with Gasteiger partial charge < -0.3 is 23.7 Å². The summed E-state index contributed by atoms with van der Waals surface area (Å²) in [5, 5.41) is 0. The molecule has 0 aliphatic rings. The van der Waals surface area contributed by atoms with Gasteiger partial charge in [0.25, 0.3) is 0 Å². The summed E-state index contributed by atoms with van der Waals surface area (Å²) in [5.41, 5.74) is -0.00543. The van der Waals surface area contributed by atoms with Crippen molar-refractivity contribution in [2.75, 3.05) is 33.0 Å². The second-order valence-electron chi connectivity index (χ2n) is 7.57. The van der Waals surface area contributed by atoms with Crippen molar-refractivity contribution in [3.05, 3.63) is 0 Å². The Morgan fingerprint density at radius 1 is 0.731 bits per heavy atom. The summed E-state index contributed by atoms with van der Waals surface area (Å²) in [6, 6.07) is 0. The lowest BCUT2D eigenvalue weighted by molar-refractivity contribution is -0.203. The fraction of sp³-hybridized carbons (Fsp3) is 1.00. The second kappa shape index (κ2) is 13.9. The molecule has 0 spiro atoms. The Balaban J connectivity index is 3.92. The highest BCUT2D eigenvalue weighted by Crippen LogP contribution is 2.27. The average Bonchev–Trinajstić information content (AvgIpc) is 2.63. The molecule has 0 heterocycles. The molecule has 0 saturated carbocycles. The first-order chi connectivity index (χ1) is 12.2. The summed E-state index contributed by atoms with van der Waals surface area (Å²) in [4.78, 5) is 0. The van der Waals surface area contributed by atoms with Crippen LogP contribution in [0.25, 0.3) is 0 Å². The quantitative estimate of drug-likeness (QED) is 0.259. The fourth-order valence-corrected chi connectivity index (χ4v) is 2.50. The van der Waals surface area contributed by atoms with Crippen LogP contribution in [0.15, 0.2) is 0 Å². The largest absolute Gasteiger partial charge is 0.379 e. The molecule has 0 aromatic carbocycles. The molecular weight excluding hydrogens is 332 g/mol. The van der Waals surface area contributed by atoms with E-state index in [-0.39, 0.29) is 23.6 Å². The van der Waals surface area contributed by atoms with Gasteiger partial charge in [-0.15, -0.1) is 0 Å². The number of rotatable bonds is 17. The minimum absolute atomic E-state index is 0.104. The van der Waals surface area contributed by atoms with Crippen LogP contribution in [0.1, 0.15) is 81.1 Å². The Kier molecular flexibility index (Phi) is 13.8. The molecule has 0 N–H and O–H groups in total. The number of ether oxygens (including phenoxy) is 5. The standard InChI is InChI=1S/C21H44O5/c1-9-20(7,17-25-18(5)23-12-4)13-14-22-15-16-24-19(6)26-21(8,10-2)11-3/h18-19H,9-17H2,1-8H3. The SMILES string of the molecule is CCOC(C)OCC(C)(CC)CCOCCOC(C)OC(C)(CC)CC. The first kappa shape index (κ1) is 25.8. The van der Waals surface area contributed by atoms with E-state index in [1.807, 2.05) is 20.8 Å². The molecule has 0 radical (unpaired) electrons. The molecule has 0 aliphatic carbocycles. The van der Waals surface area contributed by atoms with E-state index >= 15 is 0 Å². The average molecular weight is 377 g/mol. The van der Waals surface area contributed by atoms with Crippen molar-refractivity contribution in [2.24, 2.45) is 5.41 Å². The molecule has 5 nitrogen and oxygen atoms in total. The molecular formula is C21H44O5. The minimum Gasteiger partial charge on any atom is -0.379 e. The van der Waals surface area contributed by atoms with Crippen molar-refractivity contribution in [3.63, 3.8) is 0 Å². The Morgan fingerprint density at radius 3 is 1.92 bits per heavy atom. The first-order valence-corrected chi connectivity index (χ1v) is 10.3. The van der Waals surface area contributed by atoms with Crippen molar-refractivity contribution < 1.29 is 23.7 Å². The highest BCUT2D eigenvalue weighted by molar-refractivity contribution is 4.72. The fourth-order valence-electron chi connectivity index (χ4n) is 2.50. The predicted octanol–water partition coefficient (Wildman–Crippen LogP) is 5.17. The van der Waals surface area contributed by atoms with Crippen LogP contribution in [0, 0.1) is 5.41 Å². The van der Waals surface area contributed by atoms with Gasteiger partial charge in [-0.25, -0.2) is 0 Å². The van der Waals surface area contributed by atoms with Gasteiger partial charge in [0.1, 0.15) is 0 Å². The normalized spacial score (nSPS) is 17.1. The Bertz CT molecular complexity index is 332. The molecule has 5 heteroatoms. The van der Waals surface area contributed by atoms with Crippen molar-refractivity contribution >= 4 is 0 Å². The van der Waals surface area contributed by atoms with Crippen LogP contribution in [0.3, 0.4) is 0 Å². The van der Waals surface area contributed by atoms with Crippen LogP contribution < -0.4 is 0 Å². The molecule has 0 bridgehead atoms. The topological polar surface area (TPSA) is 46.2 Å². The lowest BCUT2D eigenvalue weighted by Gasteiger charge is -2.31. The first-order valence-electron chi connectivity index (χ1n) is 10.3. The third-order valence-corrected chi connectivity index (χ3v) is 5.30. The maximum atomic E-state index is 5.98. The molecule has 0 aromatic heterocycles. The predicted molar refractivity (Wildman–Crippen MR) is 106 cm³/mol. The highest BCUT2D eigenvalue weighted by atomic mass is 16.7. The minimum atomic E-state index is -0.210. The lowest BCUT2D eigenvalue weighted by Crippen LogP contribution is -2.33. The summed E-state index contributed by atoms with van der Waals surface area (Å²) in [7, 11) is 0. The van der Waals surface area contributed by atoms with E-state index in [9.17, 15) is 0 Å². The van der Waals surface area contributed by atoms with E-state index in [1.54, 1.807) is 0 Å². The molecule has 0 amide bonds. The van der Waals surface area contributed by atoms with Gasteiger partial charge in [-0.05, 0) is 58.8 Å². The van der Waals surface area contributed by atoms with E-state index in [0.717, 1.165) is 25.7 Å². The monoisotopic (exact) mass is 376 g/mol. The molecule has 26 heavy (non-hydrogen) atoms. The van der Waals surface area contributed by atoms with E-state index in [0.29, 0.717) is 33.0 Å². The summed E-state index contributed by atoms with van der Waals surface area (Å²) < 4.78 is 28.7. The van der Waals surface area contributed by atoms with Crippen molar-refractivity contribution in [2.45, 2.75) is 99.3 Å². The van der Waals surface area contributed by atoms with Crippen LogP contribution in [0.2, 0.25) is 0 Å². The van der Waals surface area contributed by atoms with Crippen molar-refractivity contribution in [1.29, 1.82) is 0 Å². The molecule has 0 fully saturated rings. The van der Waals surface area contributed by atoms with Crippen molar-refractivity contribution in [1.82, 2.24) is 0 Å². The van der Waals surface area contributed by atoms with E-state index in [4.69, 9.17) is 23.7 Å². The van der Waals surface area contributed by atoms with Gasteiger partial charge in [-0.3, -0.25) is 0 Å². The van der Waals surface area contributed by atoms with Crippen LogP contribution in [0.5, 0.6) is 0 Å². The third kappa shape index (κ3) is 11.5. The van der Waals surface area contributed by atoms with Crippen LogP contribution in [0.4, 0.5) is 0 Å². The lowest BCUT2D eigenvalue weighted by atomic mass is 9.85. The zero-order chi connectivity index (χ0) is 20.1. The van der Waals surface area contributed by atoms with E-state index in [2.05, 4.69) is 34.6 Å². The van der Waals surface area contributed by atoms with Crippen molar-refractivity contribution in [3.8, 4) is 0 Å². The van der Waals surface area contributed by atoms with Gasteiger partial charge in [0.05, 0.1) is 25.4 Å². The number of hydrogen-bond donors (Lipinski definition) is 0. The van der Waals surface area contributed by atoms with Gasteiger partial charge in [0, 0.05) is 13.2 Å². The third-order valence-electron chi connectivity index (χ3n) is 5.30. The summed E-state index contributed by atoms with van der Waals surface area (Å²) >= 11 is 0. The second-order valence-corrected chi connectivity index (χ2v) is 7.57. The molecule has 0 aromatic rings. The maximum absolute atomic E-state index is 5.98. The smallest absolute Gasteiger partial charge is 0.155 e. The molecule has 0 aliphatic heterocycles. The van der Waals surface area contributed by atoms with Gasteiger partial charge in [0.15, 0.2) is 12.6 Å². The molecule has 158 valence electrons. The summed E-state index contributed by atoms with van der Waals surface area (Å²) in [6.45, 7) is 19.9. The van der Waals surface area contributed by atoms with Crippen LogP contribution >= 0.6 is 0 Å². The zero-order valence-corrected chi connectivity index (χ0v) is 18.6. The molecule has 0 rings (SSSR count). The van der Waals surface area contributed by atoms with Crippen LogP contribution in [-0.4, -0.2) is 51.2 Å². The molecule has 3 atom stereocenters. The van der Waals surface area contributed by atoms with Gasteiger partial charge in [0.2, 0.25) is 0 Å². The molecule has 3 unspecified atom stereocenters. The Hall–Kier alpha value is -0.200. The zero-order valence-electron chi connectivity index (χ0n) is 18.6. The van der Waals surface area contributed by atoms with Gasteiger partial charge in [-0.1, -0.05) is 27.7 Å². The highest BCUT2D eigenvalue weighted by Gasteiger charge is 2.24. The van der Waals surface area contributed by atoms with E-state index in [1.165, 1.54) is 0 Å². The van der Waals surface area contributed by atoms with Gasteiger partial charge >= 0.3 is 0 Å². The molecule has 0 saturated heterocycles.